The molecule has 0 aromatic heterocycles. The minimum Gasteiger partial charge on any atom is -0.380 e. The van der Waals surface area contributed by atoms with E-state index in [1.165, 1.54) is 49.2 Å². The van der Waals surface area contributed by atoms with Crippen LogP contribution in [0.15, 0.2) is 18.2 Å². The molecule has 2 atom stereocenters. The van der Waals surface area contributed by atoms with Gasteiger partial charge in [0, 0.05) is 24.3 Å². The molecule has 0 amide bonds. The largest absolute Gasteiger partial charge is 0.380 e. The predicted molar refractivity (Wildman–Crippen MR) is 77.2 cm³/mol. The average molecular weight is 244 g/mol. The molecule has 18 heavy (non-hydrogen) atoms. The monoisotopic (exact) mass is 244 g/mol. The molecule has 2 aliphatic heterocycles. The van der Waals surface area contributed by atoms with Gasteiger partial charge in [-0.05, 0) is 50.3 Å². The predicted octanol–water partition coefficient (Wildman–Crippen LogP) is 3.21. The van der Waals surface area contributed by atoms with Crippen molar-refractivity contribution in [2.24, 2.45) is 0 Å². The summed E-state index contributed by atoms with van der Waals surface area (Å²) in [5.41, 5.74) is 4.26. The number of para-hydroxylation sites is 1. The molecule has 0 saturated carbocycles. The van der Waals surface area contributed by atoms with Gasteiger partial charge in [0.05, 0.1) is 0 Å². The van der Waals surface area contributed by atoms with Gasteiger partial charge in [-0.15, -0.1) is 0 Å². The quantitative estimate of drug-likeness (QED) is 0.878. The van der Waals surface area contributed by atoms with Crippen molar-refractivity contribution in [3.8, 4) is 0 Å². The highest BCUT2D eigenvalue weighted by Crippen LogP contribution is 2.32. The lowest BCUT2D eigenvalue weighted by Crippen LogP contribution is -2.34. The fraction of sp³-hybridized carbons (Fsp3) is 0.625. The molecule has 3 rings (SSSR count). The number of anilines is 1. The van der Waals surface area contributed by atoms with E-state index in [9.17, 15) is 0 Å². The van der Waals surface area contributed by atoms with Crippen molar-refractivity contribution in [2.45, 2.75) is 51.6 Å². The Morgan fingerprint density at radius 1 is 1.28 bits per heavy atom. The number of aryl methyl sites for hydroxylation is 2. The van der Waals surface area contributed by atoms with E-state index in [0.29, 0.717) is 6.04 Å². The van der Waals surface area contributed by atoms with Crippen LogP contribution >= 0.6 is 0 Å². The second-order valence-electron chi connectivity index (χ2n) is 5.75. The van der Waals surface area contributed by atoms with E-state index in [1.54, 1.807) is 0 Å². The van der Waals surface area contributed by atoms with Crippen LogP contribution in [0.4, 0.5) is 5.69 Å². The molecule has 1 aromatic carbocycles. The van der Waals surface area contributed by atoms with E-state index in [2.05, 4.69) is 42.3 Å². The van der Waals surface area contributed by atoms with Crippen LogP contribution in [0.1, 0.15) is 37.3 Å². The van der Waals surface area contributed by atoms with E-state index in [-0.39, 0.29) is 0 Å². The smallest absolute Gasteiger partial charge is 0.0429 e. The van der Waals surface area contributed by atoms with E-state index in [4.69, 9.17) is 0 Å². The Morgan fingerprint density at radius 3 is 3.00 bits per heavy atom. The number of hydrogen-bond acceptors (Lipinski definition) is 2. The highest BCUT2D eigenvalue weighted by Gasteiger charge is 2.37. The number of hydrogen-bond donors (Lipinski definition) is 1. The molecule has 1 N–H and O–H groups in total. The highest BCUT2D eigenvalue weighted by atomic mass is 15.2. The van der Waals surface area contributed by atoms with Gasteiger partial charge >= 0.3 is 0 Å². The molecule has 2 heterocycles. The Bertz CT molecular complexity index is 427. The molecule has 2 heteroatoms. The van der Waals surface area contributed by atoms with Crippen LogP contribution in [0.25, 0.3) is 0 Å². The zero-order valence-electron chi connectivity index (χ0n) is 11.6. The maximum absolute atomic E-state index is 3.86. The average Bonchev–Trinajstić information content (AvgIpc) is 2.96. The summed E-state index contributed by atoms with van der Waals surface area (Å²) in [6, 6.07) is 8.11. The Kier molecular flexibility index (Phi) is 3.29. The van der Waals surface area contributed by atoms with Crippen LogP contribution in [-0.4, -0.2) is 30.1 Å². The molecular weight excluding hydrogens is 220 g/mol. The third-order valence-corrected chi connectivity index (χ3v) is 4.68. The molecule has 0 spiro atoms. The Morgan fingerprint density at radius 2 is 2.17 bits per heavy atom. The molecule has 0 aliphatic carbocycles. The molecule has 1 aromatic rings. The van der Waals surface area contributed by atoms with Crippen LogP contribution in [0.5, 0.6) is 0 Å². The molecule has 0 bridgehead atoms. The van der Waals surface area contributed by atoms with Crippen molar-refractivity contribution >= 4 is 5.69 Å². The minimum absolute atomic E-state index is 0.666. The van der Waals surface area contributed by atoms with Crippen molar-refractivity contribution in [1.29, 1.82) is 0 Å². The lowest BCUT2D eigenvalue weighted by Gasteiger charge is -2.24. The van der Waals surface area contributed by atoms with Crippen LogP contribution in [0.2, 0.25) is 0 Å². The van der Waals surface area contributed by atoms with Gasteiger partial charge in [0.25, 0.3) is 0 Å². The zero-order valence-corrected chi connectivity index (χ0v) is 11.6. The summed E-state index contributed by atoms with van der Waals surface area (Å²) in [6.45, 7) is 7.08. The summed E-state index contributed by atoms with van der Waals surface area (Å²) >= 11 is 0. The third-order valence-electron chi connectivity index (χ3n) is 4.68. The Labute approximate surface area is 110 Å². The fourth-order valence-electron chi connectivity index (χ4n) is 3.67. The zero-order chi connectivity index (χ0) is 12.5. The summed E-state index contributed by atoms with van der Waals surface area (Å²) in [4.78, 5) is 2.67. The first-order valence-electron chi connectivity index (χ1n) is 7.38. The molecule has 0 radical (unpaired) electrons. The minimum atomic E-state index is 0.666. The Hall–Kier alpha value is -1.02. The molecule has 98 valence electrons. The number of nitrogens with one attached hydrogen (secondary N) is 1. The van der Waals surface area contributed by atoms with E-state index >= 15 is 0 Å². The van der Waals surface area contributed by atoms with Gasteiger partial charge in [0.1, 0.15) is 0 Å². The van der Waals surface area contributed by atoms with Gasteiger partial charge in [-0.1, -0.05) is 25.1 Å². The number of fused-ring (bicyclic) bond motifs is 1. The standard InChI is InChI=1S/C16H24N2/c1-3-13-7-4-6-12(2)16(13)17-14-9-11-18-10-5-8-15(14)18/h4,6-7,14-15,17H,3,5,8-11H2,1-2H3. The van der Waals surface area contributed by atoms with Gasteiger partial charge in [-0.25, -0.2) is 0 Å². The molecular formula is C16H24N2. The highest BCUT2D eigenvalue weighted by molar-refractivity contribution is 5.58. The summed E-state index contributed by atoms with van der Waals surface area (Å²) in [6.07, 6.45) is 5.19. The number of rotatable bonds is 3. The molecule has 2 fully saturated rings. The maximum atomic E-state index is 3.86. The van der Waals surface area contributed by atoms with Crippen LogP contribution < -0.4 is 5.32 Å². The topological polar surface area (TPSA) is 15.3 Å². The van der Waals surface area contributed by atoms with Crippen molar-refractivity contribution < 1.29 is 0 Å². The lowest BCUT2D eigenvalue weighted by atomic mass is 10.0. The summed E-state index contributed by atoms with van der Waals surface area (Å²) in [5, 5.41) is 3.86. The first-order valence-corrected chi connectivity index (χ1v) is 7.38. The van der Waals surface area contributed by atoms with E-state index in [1.807, 2.05) is 0 Å². The Balaban J connectivity index is 1.80. The normalized spacial score (nSPS) is 27.4. The summed E-state index contributed by atoms with van der Waals surface area (Å²) < 4.78 is 0. The third kappa shape index (κ3) is 2.03. The summed E-state index contributed by atoms with van der Waals surface area (Å²) in [5.74, 6) is 0. The van der Waals surface area contributed by atoms with Crippen molar-refractivity contribution in [2.75, 3.05) is 18.4 Å². The first kappa shape index (κ1) is 12.0. The number of nitrogens with zero attached hydrogens (tertiary/aromatic N) is 1. The van der Waals surface area contributed by atoms with Crippen molar-refractivity contribution in [1.82, 2.24) is 4.90 Å². The number of benzene rings is 1. The van der Waals surface area contributed by atoms with Gasteiger partial charge in [0.2, 0.25) is 0 Å². The van der Waals surface area contributed by atoms with Crippen LogP contribution in [-0.2, 0) is 6.42 Å². The van der Waals surface area contributed by atoms with E-state index in [0.717, 1.165) is 12.5 Å². The first-order chi connectivity index (χ1) is 8.79. The van der Waals surface area contributed by atoms with Gasteiger partial charge in [0.15, 0.2) is 0 Å². The molecule has 2 nitrogen and oxygen atoms in total. The second-order valence-corrected chi connectivity index (χ2v) is 5.75. The maximum Gasteiger partial charge on any atom is 0.0429 e. The summed E-state index contributed by atoms with van der Waals surface area (Å²) in [7, 11) is 0. The SMILES string of the molecule is CCc1cccc(C)c1NC1CCN2CCCC12. The van der Waals surface area contributed by atoms with Gasteiger partial charge < -0.3 is 5.32 Å². The van der Waals surface area contributed by atoms with E-state index < -0.39 is 0 Å². The van der Waals surface area contributed by atoms with Crippen LogP contribution in [0, 0.1) is 6.92 Å². The van der Waals surface area contributed by atoms with Crippen molar-refractivity contribution in [3.05, 3.63) is 29.3 Å². The molecule has 2 unspecified atom stereocenters. The lowest BCUT2D eigenvalue weighted by molar-refractivity contribution is 0.318. The molecule has 2 aliphatic rings. The second kappa shape index (κ2) is 4.93. The van der Waals surface area contributed by atoms with Gasteiger partial charge in [-0.3, -0.25) is 4.90 Å². The van der Waals surface area contributed by atoms with Crippen molar-refractivity contribution in [3.63, 3.8) is 0 Å². The van der Waals surface area contributed by atoms with Gasteiger partial charge in [-0.2, -0.15) is 0 Å². The fourth-order valence-corrected chi connectivity index (χ4v) is 3.67. The van der Waals surface area contributed by atoms with Crippen LogP contribution in [0.3, 0.4) is 0 Å². The molecule has 2 saturated heterocycles.